The fourth-order valence-electron chi connectivity index (χ4n) is 3.49. The van der Waals surface area contributed by atoms with E-state index in [0.717, 1.165) is 16.7 Å². The number of nitrogens with zero attached hydrogens (tertiary/aromatic N) is 2. The fourth-order valence-corrected chi connectivity index (χ4v) is 3.81. The molecule has 4 rings (SSSR count). The number of rotatable bonds is 10. The van der Waals surface area contributed by atoms with Crippen molar-refractivity contribution in [2.75, 3.05) is 19.1 Å². The molecule has 2 N–H and O–H groups in total. The molecule has 0 aliphatic carbocycles. The van der Waals surface area contributed by atoms with Crippen molar-refractivity contribution in [3.05, 3.63) is 87.7 Å². The zero-order chi connectivity index (χ0) is 23.9. The van der Waals surface area contributed by atoms with Gasteiger partial charge in [-0.05, 0) is 55.0 Å². The summed E-state index contributed by atoms with van der Waals surface area (Å²) in [5.41, 5.74) is 6.08. The van der Waals surface area contributed by atoms with E-state index in [1.165, 1.54) is 0 Å². The smallest absolute Gasteiger partial charge is 0.214 e. The third-order valence-corrected chi connectivity index (χ3v) is 5.63. The first-order valence-corrected chi connectivity index (χ1v) is 11.6. The van der Waals surface area contributed by atoms with Crippen molar-refractivity contribution >= 4 is 23.8 Å². The van der Waals surface area contributed by atoms with Crippen LogP contribution in [-0.2, 0) is 13.2 Å². The number of H-pyrrole nitrogens is 1. The van der Waals surface area contributed by atoms with Gasteiger partial charge in [0.2, 0.25) is 4.77 Å². The molecule has 0 fully saturated rings. The van der Waals surface area contributed by atoms with Crippen LogP contribution in [0.2, 0.25) is 5.02 Å². The third kappa shape index (κ3) is 5.35. The van der Waals surface area contributed by atoms with Crippen LogP contribution in [0.5, 0.6) is 17.2 Å². The van der Waals surface area contributed by atoms with Gasteiger partial charge in [-0.25, -0.2) is 9.77 Å². The molecular weight excluding hydrogens is 472 g/mol. The molecule has 176 valence electrons. The normalized spacial score (nSPS) is 10.7. The van der Waals surface area contributed by atoms with Gasteiger partial charge < -0.3 is 19.6 Å². The third-order valence-electron chi connectivity index (χ3n) is 5.10. The minimum Gasteiger partial charge on any atom is -0.496 e. The van der Waals surface area contributed by atoms with Crippen LogP contribution in [-0.4, -0.2) is 28.6 Å². The van der Waals surface area contributed by atoms with Gasteiger partial charge >= 0.3 is 0 Å². The Labute approximate surface area is 208 Å². The maximum Gasteiger partial charge on any atom is 0.214 e. The monoisotopic (exact) mass is 496 g/mol. The number of hydrogen-bond donors (Lipinski definition) is 2. The second kappa shape index (κ2) is 11.1. The molecule has 0 bridgehead atoms. The Bertz CT molecular complexity index is 1300. The Morgan fingerprint density at radius 1 is 1.00 bits per heavy atom. The summed E-state index contributed by atoms with van der Waals surface area (Å²) in [6.45, 7) is 3.27. The molecule has 0 atom stereocenters. The Kier molecular flexibility index (Phi) is 7.72. The van der Waals surface area contributed by atoms with Gasteiger partial charge in [0.1, 0.15) is 12.4 Å². The molecule has 0 spiro atoms. The summed E-state index contributed by atoms with van der Waals surface area (Å²) in [6.07, 6.45) is 0. The Morgan fingerprint density at radius 2 is 1.76 bits per heavy atom. The molecular formula is C25H25ClN4O3S. The van der Waals surface area contributed by atoms with E-state index in [1.807, 2.05) is 73.7 Å². The van der Waals surface area contributed by atoms with Gasteiger partial charge in [-0.2, -0.15) is 5.10 Å². The summed E-state index contributed by atoms with van der Waals surface area (Å²) >= 11 is 11.5. The number of aromatic nitrogens is 3. The number of para-hydroxylation sites is 2. The zero-order valence-corrected chi connectivity index (χ0v) is 20.4. The number of methoxy groups -OCH3 is 1. The maximum atomic E-state index is 6.21. The summed E-state index contributed by atoms with van der Waals surface area (Å²) in [5.74, 6) is 2.66. The molecule has 0 radical (unpaired) electrons. The number of nitrogens with one attached hydrogen (secondary N) is 2. The lowest BCUT2D eigenvalue weighted by Gasteiger charge is -2.18. The minimum atomic E-state index is 0.381. The number of benzene rings is 3. The molecule has 3 aromatic carbocycles. The quantitative estimate of drug-likeness (QED) is 0.263. The molecule has 7 nitrogen and oxygen atoms in total. The molecule has 0 saturated carbocycles. The predicted octanol–water partition coefficient (Wildman–Crippen LogP) is 5.99. The molecule has 0 unspecified atom stereocenters. The van der Waals surface area contributed by atoms with Gasteiger partial charge in [-0.15, -0.1) is 0 Å². The highest BCUT2D eigenvalue weighted by molar-refractivity contribution is 7.71. The van der Waals surface area contributed by atoms with Crippen molar-refractivity contribution in [1.82, 2.24) is 14.9 Å². The lowest BCUT2D eigenvalue weighted by molar-refractivity contribution is 0.267. The molecule has 1 heterocycles. The van der Waals surface area contributed by atoms with Crippen LogP contribution >= 0.6 is 23.8 Å². The SMILES string of the molecule is CCOc1cccc(CNn2c(-c3ccccc3OC)n[nH]c2=S)c1OCc1ccc(Cl)cc1. The van der Waals surface area contributed by atoms with E-state index < -0.39 is 0 Å². The van der Waals surface area contributed by atoms with Gasteiger partial charge in [0.15, 0.2) is 17.3 Å². The highest BCUT2D eigenvalue weighted by Gasteiger charge is 2.16. The number of halogens is 1. The van der Waals surface area contributed by atoms with Crippen molar-refractivity contribution in [3.63, 3.8) is 0 Å². The van der Waals surface area contributed by atoms with Crippen LogP contribution in [0.15, 0.2) is 66.7 Å². The van der Waals surface area contributed by atoms with Gasteiger partial charge in [0.05, 0.1) is 25.8 Å². The summed E-state index contributed by atoms with van der Waals surface area (Å²) in [5, 5.41) is 7.93. The number of hydrogen-bond acceptors (Lipinski definition) is 6. The van der Waals surface area contributed by atoms with Crippen LogP contribution < -0.4 is 19.6 Å². The Hall–Kier alpha value is -3.49. The zero-order valence-electron chi connectivity index (χ0n) is 18.9. The molecule has 34 heavy (non-hydrogen) atoms. The molecule has 0 aliphatic rings. The molecule has 0 saturated heterocycles. The second-order valence-electron chi connectivity index (χ2n) is 7.32. The van der Waals surface area contributed by atoms with Gasteiger partial charge in [-0.1, -0.05) is 48.0 Å². The number of ether oxygens (including phenoxy) is 3. The van der Waals surface area contributed by atoms with E-state index in [2.05, 4.69) is 15.6 Å². The van der Waals surface area contributed by atoms with E-state index in [0.29, 0.717) is 52.6 Å². The molecule has 0 aliphatic heterocycles. The molecule has 0 amide bonds. The molecule has 1 aromatic heterocycles. The minimum absolute atomic E-state index is 0.381. The standard InChI is InChI=1S/C25H25ClN4O3S/c1-3-32-22-10-6-7-18(23(22)33-16-17-11-13-19(26)14-12-17)15-27-30-24(28-29-25(30)34)20-8-4-5-9-21(20)31-2/h4-14,27H,3,15-16H2,1-2H3,(H,29,34). The van der Waals surface area contributed by atoms with E-state index in [1.54, 1.807) is 11.8 Å². The van der Waals surface area contributed by atoms with Gasteiger partial charge in [0.25, 0.3) is 0 Å². The summed E-state index contributed by atoms with van der Waals surface area (Å²) < 4.78 is 19.7. The molecule has 9 heteroatoms. The summed E-state index contributed by atoms with van der Waals surface area (Å²) in [7, 11) is 1.63. The van der Waals surface area contributed by atoms with Crippen molar-refractivity contribution in [2.24, 2.45) is 0 Å². The largest absolute Gasteiger partial charge is 0.496 e. The van der Waals surface area contributed by atoms with Crippen LogP contribution in [0.25, 0.3) is 11.4 Å². The first-order chi connectivity index (χ1) is 16.6. The van der Waals surface area contributed by atoms with E-state index in [9.17, 15) is 0 Å². The highest BCUT2D eigenvalue weighted by Crippen LogP contribution is 2.33. The van der Waals surface area contributed by atoms with Crippen molar-refractivity contribution in [2.45, 2.75) is 20.1 Å². The second-order valence-corrected chi connectivity index (χ2v) is 8.14. The Balaban J connectivity index is 1.60. The van der Waals surface area contributed by atoms with Crippen LogP contribution in [0, 0.1) is 4.77 Å². The van der Waals surface area contributed by atoms with Crippen LogP contribution in [0.1, 0.15) is 18.1 Å². The maximum absolute atomic E-state index is 6.21. The topological polar surface area (TPSA) is 73.3 Å². The average molecular weight is 497 g/mol. The van der Waals surface area contributed by atoms with Gasteiger partial charge in [0, 0.05) is 10.6 Å². The van der Waals surface area contributed by atoms with Crippen molar-refractivity contribution in [1.29, 1.82) is 0 Å². The fraction of sp³-hybridized carbons (Fsp3) is 0.200. The van der Waals surface area contributed by atoms with E-state index >= 15 is 0 Å². The number of aromatic amines is 1. The first-order valence-electron chi connectivity index (χ1n) is 10.8. The summed E-state index contributed by atoms with van der Waals surface area (Å²) in [6, 6.07) is 21.0. The molecule has 4 aromatic rings. The van der Waals surface area contributed by atoms with Crippen LogP contribution in [0.4, 0.5) is 0 Å². The highest BCUT2D eigenvalue weighted by atomic mass is 35.5. The average Bonchev–Trinajstić information content (AvgIpc) is 3.23. The lowest BCUT2D eigenvalue weighted by atomic mass is 10.1. The predicted molar refractivity (Wildman–Crippen MR) is 136 cm³/mol. The first kappa shape index (κ1) is 23.7. The van der Waals surface area contributed by atoms with Crippen molar-refractivity contribution < 1.29 is 14.2 Å². The van der Waals surface area contributed by atoms with E-state index in [-0.39, 0.29) is 0 Å². The lowest BCUT2D eigenvalue weighted by Crippen LogP contribution is -2.17. The van der Waals surface area contributed by atoms with Crippen LogP contribution in [0.3, 0.4) is 0 Å². The Morgan fingerprint density at radius 3 is 2.53 bits per heavy atom. The van der Waals surface area contributed by atoms with Gasteiger partial charge in [-0.3, -0.25) is 0 Å². The summed E-state index contributed by atoms with van der Waals surface area (Å²) in [4.78, 5) is 0. The van der Waals surface area contributed by atoms with Crippen molar-refractivity contribution in [3.8, 4) is 28.6 Å². The van der Waals surface area contributed by atoms with E-state index in [4.69, 9.17) is 38.0 Å².